The van der Waals surface area contributed by atoms with Crippen LogP contribution in [0.4, 0.5) is 24.5 Å². The van der Waals surface area contributed by atoms with Crippen LogP contribution in [0.15, 0.2) is 95.6 Å². The Labute approximate surface area is 335 Å². The highest BCUT2D eigenvalue weighted by Gasteiger charge is 2.45. The van der Waals surface area contributed by atoms with E-state index in [1.165, 1.54) is 11.1 Å². The number of hydrogen-bond donors (Lipinski definition) is 0. The lowest BCUT2D eigenvalue weighted by molar-refractivity contribution is -0.142. The van der Waals surface area contributed by atoms with E-state index in [1.54, 1.807) is 12.1 Å². The van der Waals surface area contributed by atoms with Crippen molar-refractivity contribution in [2.45, 2.75) is 51.2 Å². The molecule has 2 aromatic heterocycles. The molecule has 4 aliphatic rings. The summed E-state index contributed by atoms with van der Waals surface area (Å²) >= 11 is 0. The van der Waals surface area contributed by atoms with Crippen molar-refractivity contribution >= 4 is 34.7 Å². The van der Waals surface area contributed by atoms with Crippen LogP contribution in [0.25, 0.3) is 23.0 Å². The van der Waals surface area contributed by atoms with Crippen LogP contribution in [-0.4, -0.2) is 83.8 Å². The molecule has 10 nitrogen and oxygen atoms in total. The summed E-state index contributed by atoms with van der Waals surface area (Å²) in [5, 5.41) is 10.8. The number of halogens is 3. The van der Waals surface area contributed by atoms with E-state index in [1.807, 2.05) is 24.3 Å². The van der Waals surface area contributed by atoms with Crippen LogP contribution in [0.5, 0.6) is 0 Å². The minimum absolute atomic E-state index is 0.0714. The van der Waals surface area contributed by atoms with Crippen LogP contribution in [0.2, 0.25) is 0 Å². The summed E-state index contributed by atoms with van der Waals surface area (Å²) in [6.45, 7) is 10.1. The average Bonchev–Trinajstić information content (AvgIpc) is 3.87. The number of benzene rings is 3. The van der Waals surface area contributed by atoms with Gasteiger partial charge in [0.2, 0.25) is 0 Å². The normalized spacial score (nSPS) is 20.9. The molecule has 5 heterocycles. The molecule has 300 valence electrons. The first-order valence-corrected chi connectivity index (χ1v) is 20.2. The molecule has 0 spiro atoms. The number of carbonyl (C=O) groups excluding carboxylic acids is 1. The number of ether oxygens (including phenoxy) is 2. The Morgan fingerprint density at radius 3 is 2.05 bits per heavy atom. The van der Waals surface area contributed by atoms with Gasteiger partial charge < -0.3 is 19.3 Å². The van der Waals surface area contributed by atoms with E-state index in [0.29, 0.717) is 32.0 Å². The highest BCUT2D eigenvalue weighted by atomic mass is 19.4. The van der Waals surface area contributed by atoms with Gasteiger partial charge in [0.05, 0.1) is 43.9 Å². The van der Waals surface area contributed by atoms with Gasteiger partial charge in [0, 0.05) is 55.1 Å². The fourth-order valence-corrected chi connectivity index (χ4v) is 8.59. The second-order valence-corrected chi connectivity index (χ2v) is 15.7. The molecule has 1 aliphatic carbocycles. The Morgan fingerprint density at radius 2 is 1.45 bits per heavy atom. The molecule has 2 unspecified atom stereocenters. The molecule has 0 radical (unpaired) electrons. The zero-order chi connectivity index (χ0) is 40.0. The summed E-state index contributed by atoms with van der Waals surface area (Å²) in [6.07, 6.45) is -0.108. The van der Waals surface area contributed by atoms with Crippen LogP contribution in [0.1, 0.15) is 77.9 Å². The number of anilines is 2. The number of amides is 1. The van der Waals surface area contributed by atoms with Crippen molar-refractivity contribution in [1.82, 2.24) is 19.6 Å². The number of alkyl halides is 3. The van der Waals surface area contributed by atoms with Crippen molar-refractivity contribution in [2.24, 2.45) is 11.0 Å². The SMILES string of the molecule is CC(C)c1ccc(-c2cc(C(F)(F)F)n3nc(C(=O)N4N=C5/C(=C\c6ccc(N7CCOCC7)cc6)CCCC5C4c4ccc(N5CCOCC5)cc4)cc3n2)cc1. The maximum atomic E-state index is 14.7. The molecular formula is C45H46F3N7O3. The number of fused-ring (bicyclic) bond motifs is 2. The van der Waals surface area contributed by atoms with Gasteiger partial charge in [-0.15, -0.1) is 0 Å². The first-order valence-electron chi connectivity index (χ1n) is 20.2. The molecule has 1 saturated carbocycles. The van der Waals surface area contributed by atoms with Gasteiger partial charge in [-0.3, -0.25) is 4.79 Å². The third-order valence-corrected chi connectivity index (χ3v) is 11.7. The van der Waals surface area contributed by atoms with Gasteiger partial charge in [-0.05, 0) is 83.9 Å². The molecule has 13 heteroatoms. The highest BCUT2D eigenvalue weighted by molar-refractivity contribution is 6.09. The van der Waals surface area contributed by atoms with Crippen molar-refractivity contribution < 1.29 is 27.4 Å². The Kier molecular flexibility index (Phi) is 10.3. The number of nitrogens with zero attached hydrogens (tertiary/aromatic N) is 7. The number of hydrogen-bond acceptors (Lipinski definition) is 8. The molecule has 1 amide bonds. The predicted octanol–water partition coefficient (Wildman–Crippen LogP) is 8.65. The topological polar surface area (TPSA) is 87.8 Å². The molecule has 3 aromatic carbocycles. The third kappa shape index (κ3) is 7.48. The number of aromatic nitrogens is 3. The Bertz CT molecular complexity index is 2340. The summed E-state index contributed by atoms with van der Waals surface area (Å²) in [7, 11) is 0. The van der Waals surface area contributed by atoms with E-state index >= 15 is 0 Å². The van der Waals surface area contributed by atoms with Gasteiger partial charge in [-0.2, -0.15) is 23.4 Å². The van der Waals surface area contributed by atoms with Crippen LogP contribution in [-0.2, 0) is 15.7 Å². The second-order valence-electron chi connectivity index (χ2n) is 15.7. The van der Waals surface area contributed by atoms with Gasteiger partial charge in [0.1, 0.15) is 0 Å². The third-order valence-electron chi connectivity index (χ3n) is 11.7. The maximum absolute atomic E-state index is 14.7. The minimum Gasteiger partial charge on any atom is -0.378 e. The van der Waals surface area contributed by atoms with Crippen LogP contribution in [0.3, 0.4) is 0 Å². The summed E-state index contributed by atoms with van der Waals surface area (Å²) in [5.74, 6) is -0.436. The van der Waals surface area contributed by atoms with E-state index in [2.05, 4.69) is 76.2 Å². The number of morpholine rings is 2. The van der Waals surface area contributed by atoms with Crippen LogP contribution < -0.4 is 9.80 Å². The van der Waals surface area contributed by atoms with E-state index < -0.39 is 23.8 Å². The smallest absolute Gasteiger partial charge is 0.378 e. The lowest BCUT2D eigenvalue weighted by atomic mass is 9.77. The van der Waals surface area contributed by atoms with Gasteiger partial charge in [-0.1, -0.05) is 62.4 Å². The van der Waals surface area contributed by atoms with E-state index in [4.69, 9.17) is 14.6 Å². The maximum Gasteiger partial charge on any atom is 0.433 e. The zero-order valence-electron chi connectivity index (χ0n) is 32.7. The van der Waals surface area contributed by atoms with Crippen LogP contribution in [0, 0.1) is 5.92 Å². The molecule has 0 bridgehead atoms. The summed E-state index contributed by atoms with van der Waals surface area (Å²) in [4.78, 5) is 23.9. The number of carbonyl (C=O) groups is 1. The minimum atomic E-state index is -4.76. The van der Waals surface area contributed by atoms with Crippen molar-refractivity contribution in [3.63, 3.8) is 0 Å². The Balaban J connectivity index is 1.09. The average molecular weight is 790 g/mol. The second kappa shape index (κ2) is 15.7. The highest BCUT2D eigenvalue weighted by Crippen LogP contribution is 2.45. The molecule has 0 N–H and O–H groups in total. The molecular weight excluding hydrogens is 744 g/mol. The quantitative estimate of drug-likeness (QED) is 0.163. The Morgan fingerprint density at radius 1 is 0.828 bits per heavy atom. The van der Waals surface area contributed by atoms with Crippen LogP contribution >= 0.6 is 0 Å². The number of hydrazone groups is 1. The lowest BCUT2D eigenvalue weighted by Crippen LogP contribution is -2.36. The van der Waals surface area contributed by atoms with Crippen molar-refractivity contribution in [3.8, 4) is 11.3 Å². The van der Waals surface area contributed by atoms with Gasteiger partial charge >= 0.3 is 6.18 Å². The zero-order valence-corrected chi connectivity index (χ0v) is 32.7. The lowest BCUT2D eigenvalue weighted by Gasteiger charge is -2.31. The molecule has 2 saturated heterocycles. The molecule has 2 atom stereocenters. The van der Waals surface area contributed by atoms with E-state index in [-0.39, 0.29) is 28.9 Å². The number of allylic oxidation sites excluding steroid dienone is 1. The van der Waals surface area contributed by atoms with Crippen molar-refractivity contribution in [1.29, 1.82) is 0 Å². The standard InChI is InChI=1S/C45H46F3N7O3/c1-29(2)31-8-10-32(11-9-31)38-27-40(45(46,47)48)54-41(49-38)28-39(50-54)44(56)55-43(33-12-16-36(17-13-33)53-20-24-58-25-21-53)37-5-3-4-34(42(37)51-55)26-30-6-14-35(15-7-30)52-18-22-57-23-19-52/h6-17,26-29,37,43H,3-5,18-25H2,1-2H3/b34-26-. The van der Waals surface area contributed by atoms with E-state index in [0.717, 1.165) is 95.4 Å². The largest absolute Gasteiger partial charge is 0.433 e. The van der Waals surface area contributed by atoms with E-state index in [9.17, 15) is 18.0 Å². The Hall–Kier alpha value is -5.53. The first kappa shape index (κ1) is 38.0. The van der Waals surface area contributed by atoms with Gasteiger partial charge in [0.25, 0.3) is 5.91 Å². The summed E-state index contributed by atoms with van der Waals surface area (Å²) < 4.78 is 55.8. The number of rotatable bonds is 7. The van der Waals surface area contributed by atoms with Crippen molar-refractivity contribution in [2.75, 3.05) is 62.4 Å². The fourth-order valence-electron chi connectivity index (χ4n) is 8.59. The monoisotopic (exact) mass is 789 g/mol. The van der Waals surface area contributed by atoms with Gasteiger partial charge in [0.15, 0.2) is 17.0 Å². The first-order chi connectivity index (χ1) is 28.1. The molecule has 5 aromatic rings. The molecule has 58 heavy (non-hydrogen) atoms. The predicted molar refractivity (Wildman–Crippen MR) is 218 cm³/mol. The molecule has 3 aliphatic heterocycles. The molecule has 9 rings (SSSR count). The fraction of sp³-hybridized carbons (Fsp3) is 0.378. The van der Waals surface area contributed by atoms with Crippen molar-refractivity contribution in [3.05, 3.63) is 119 Å². The van der Waals surface area contributed by atoms with Gasteiger partial charge in [-0.25, -0.2) is 14.5 Å². The summed E-state index contributed by atoms with van der Waals surface area (Å²) in [5.41, 5.74) is 6.52. The molecule has 3 fully saturated rings. The summed E-state index contributed by atoms with van der Waals surface area (Å²) in [6, 6.07) is 25.9.